The summed E-state index contributed by atoms with van der Waals surface area (Å²) in [4.78, 5) is 15.0. The third-order valence-electron chi connectivity index (χ3n) is 1.91. The van der Waals surface area contributed by atoms with E-state index in [9.17, 15) is 13.6 Å². The van der Waals surface area contributed by atoms with Gasteiger partial charge in [-0.1, -0.05) is 27.5 Å². The molecule has 0 fully saturated rings. The molecular weight excluding hydrogens is 307 g/mol. The second kappa shape index (κ2) is 5.54. The topological polar surface area (TPSA) is 39.2 Å². The summed E-state index contributed by atoms with van der Waals surface area (Å²) in [6.07, 6.45) is -1.62. The van der Waals surface area contributed by atoms with Crippen molar-refractivity contribution in [3.05, 3.63) is 28.0 Å². The summed E-state index contributed by atoms with van der Waals surface area (Å²) < 4.78 is 30.1. The number of rotatable bonds is 3. The van der Waals surface area contributed by atoms with Gasteiger partial charge in [-0.25, -0.2) is 18.6 Å². The molecule has 1 aromatic heterocycles. The molecule has 0 bridgehead atoms. The lowest BCUT2D eigenvalue weighted by atomic mass is 10.1. The average Bonchev–Trinajstić information content (AvgIpc) is 2.27. The molecule has 1 rings (SSSR count). The van der Waals surface area contributed by atoms with Gasteiger partial charge in [0.1, 0.15) is 10.7 Å². The summed E-state index contributed by atoms with van der Waals surface area (Å²) in [5, 5.41) is -0.132. The van der Waals surface area contributed by atoms with E-state index in [-0.39, 0.29) is 21.6 Å². The predicted octanol–water partition coefficient (Wildman–Crippen LogP) is 3.35. The maximum absolute atomic E-state index is 12.8. The lowest BCUT2D eigenvalue weighted by Crippen LogP contribution is -2.10. The number of hydrogen-bond donors (Lipinski definition) is 0. The Morgan fingerprint density at radius 3 is 2.75 bits per heavy atom. The number of carbonyl (C=O) groups excluding carboxylic acids is 1. The minimum atomic E-state index is -2.82. The van der Waals surface area contributed by atoms with Crippen LogP contribution in [-0.2, 0) is 10.1 Å². The van der Waals surface area contributed by atoms with Gasteiger partial charge in [0, 0.05) is 17.1 Å². The number of aromatic nitrogens is 1. The van der Waals surface area contributed by atoms with Crippen LogP contribution in [0.4, 0.5) is 8.78 Å². The van der Waals surface area contributed by atoms with Crippen LogP contribution >= 0.6 is 27.5 Å². The summed E-state index contributed by atoms with van der Waals surface area (Å²) in [6.45, 7) is 0. The van der Waals surface area contributed by atoms with Crippen LogP contribution in [0.15, 0.2) is 6.20 Å². The Morgan fingerprint density at radius 2 is 2.31 bits per heavy atom. The van der Waals surface area contributed by atoms with Crippen LogP contribution in [0.25, 0.3) is 0 Å². The highest BCUT2D eigenvalue weighted by Crippen LogP contribution is 2.31. The highest BCUT2D eigenvalue weighted by molar-refractivity contribution is 9.08. The van der Waals surface area contributed by atoms with Crippen molar-refractivity contribution < 1.29 is 18.3 Å². The van der Waals surface area contributed by atoms with Crippen LogP contribution in [0.5, 0.6) is 0 Å². The van der Waals surface area contributed by atoms with Crippen LogP contribution in [0.2, 0.25) is 5.15 Å². The first-order valence-electron chi connectivity index (χ1n) is 4.12. The van der Waals surface area contributed by atoms with Crippen molar-refractivity contribution in [3.63, 3.8) is 0 Å². The number of alkyl halides is 3. The third-order valence-corrected chi connectivity index (χ3v) is 2.80. The van der Waals surface area contributed by atoms with Gasteiger partial charge in [0.25, 0.3) is 6.43 Å². The van der Waals surface area contributed by atoms with E-state index in [1.807, 2.05) is 0 Å². The first kappa shape index (κ1) is 13.3. The summed E-state index contributed by atoms with van der Waals surface area (Å²) in [5.41, 5.74) is -0.611. The molecule has 0 atom stereocenters. The summed E-state index contributed by atoms with van der Waals surface area (Å²) in [5.74, 6) is -0.921. The fraction of sp³-hybridized carbons (Fsp3) is 0.333. The summed E-state index contributed by atoms with van der Waals surface area (Å²) in [6, 6.07) is 0. The van der Waals surface area contributed by atoms with Gasteiger partial charge in [-0.05, 0) is 5.56 Å². The molecule has 0 radical (unpaired) electrons. The molecule has 0 saturated carbocycles. The molecule has 0 spiro atoms. The Labute approximate surface area is 104 Å². The van der Waals surface area contributed by atoms with Gasteiger partial charge in [0.2, 0.25) is 0 Å². The first-order chi connectivity index (χ1) is 7.52. The molecule has 0 saturated heterocycles. The van der Waals surface area contributed by atoms with Crippen molar-refractivity contribution in [3.8, 4) is 0 Å². The van der Waals surface area contributed by atoms with E-state index in [0.717, 1.165) is 7.11 Å². The maximum Gasteiger partial charge on any atom is 0.341 e. The van der Waals surface area contributed by atoms with Crippen LogP contribution in [0, 0.1) is 0 Å². The molecule has 0 aliphatic rings. The highest BCUT2D eigenvalue weighted by Gasteiger charge is 2.26. The third kappa shape index (κ3) is 2.49. The lowest BCUT2D eigenvalue weighted by molar-refractivity contribution is 0.0588. The molecule has 0 amide bonds. The van der Waals surface area contributed by atoms with E-state index < -0.39 is 18.0 Å². The summed E-state index contributed by atoms with van der Waals surface area (Å²) in [7, 11) is 1.09. The van der Waals surface area contributed by atoms with E-state index in [1.54, 1.807) is 0 Å². The number of pyridine rings is 1. The fourth-order valence-corrected chi connectivity index (χ4v) is 1.87. The molecule has 0 aliphatic heterocycles. The smallest absolute Gasteiger partial charge is 0.341 e. The Balaban J connectivity index is 3.48. The van der Waals surface area contributed by atoms with Gasteiger partial charge in [-0.15, -0.1) is 0 Å². The monoisotopic (exact) mass is 313 g/mol. The van der Waals surface area contributed by atoms with E-state index in [2.05, 4.69) is 25.7 Å². The van der Waals surface area contributed by atoms with E-state index in [0.29, 0.717) is 0 Å². The number of halogens is 4. The second-order valence-corrected chi connectivity index (χ2v) is 3.71. The van der Waals surface area contributed by atoms with Crippen LogP contribution in [-0.4, -0.2) is 18.1 Å². The summed E-state index contributed by atoms with van der Waals surface area (Å²) >= 11 is 8.65. The van der Waals surface area contributed by atoms with Gasteiger partial charge in [0.15, 0.2) is 0 Å². The van der Waals surface area contributed by atoms with Crippen molar-refractivity contribution in [1.29, 1.82) is 0 Å². The predicted molar refractivity (Wildman–Crippen MR) is 58.2 cm³/mol. The standard InChI is InChI=1S/C9H7BrClF2NO2/c1-16-9(15)6-5(8(12)13)4(2-10)3-14-7(6)11/h3,8H,2H2,1H3. The van der Waals surface area contributed by atoms with Crippen molar-refractivity contribution in [2.24, 2.45) is 0 Å². The SMILES string of the molecule is COC(=O)c1c(Cl)ncc(CBr)c1C(F)F. The Morgan fingerprint density at radius 1 is 1.69 bits per heavy atom. The number of nitrogens with zero attached hydrogens (tertiary/aromatic N) is 1. The normalized spacial score (nSPS) is 10.6. The van der Waals surface area contributed by atoms with Crippen molar-refractivity contribution >= 4 is 33.5 Å². The molecule has 16 heavy (non-hydrogen) atoms. The van der Waals surface area contributed by atoms with E-state index in [1.165, 1.54) is 6.20 Å². The first-order valence-corrected chi connectivity index (χ1v) is 5.62. The molecule has 88 valence electrons. The zero-order chi connectivity index (χ0) is 12.3. The molecule has 0 aliphatic carbocycles. The van der Waals surface area contributed by atoms with Crippen LogP contribution < -0.4 is 0 Å². The van der Waals surface area contributed by atoms with Crippen molar-refractivity contribution in [1.82, 2.24) is 4.98 Å². The average molecular weight is 315 g/mol. The minimum Gasteiger partial charge on any atom is -0.465 e. The molecule has 7 heteroatoms. The Bertz CT molecular complexity index is 415. The lowest BCUT2D eigenvalue weighted by Gasteiger charge is -2.11. The van der Waals surface area contributed by atoms with Gasteiger partial charge in [0.05, 0.1) is 7.11 Å². The fourth-order valence-electron chi connectivity index (χ4n) is 1.19. The highest BCUT2D eigenvalue weighted by atomic mass is 79.9. The molecule has 3 nitrogen and oxygen atoms in total. The number of methoxy groups -OCH3 is 1. The molecule has 1 heterocycles. The van der Waals surface area contributed by atoms with Crippen LogP contribution in [0.1, 0.15) is 27.9 Å². The Hall–Kier alpha value is -0.750. The van der Waals surface area contributed by atoms with Gasteiger partial charge < -0.3 is 4.74 Å². The van der Waals surface area contributed by atoms with Crippen molar-refractivity contribution in [2.75, 3.05) is 7.11 Å². The van der Waals surface area contributed by atoms with E-state index >= 15 is 0 Å². The minimum absolute atomic E-state index is 0.154. The number of carbonyl (C=O) groups is 1. The molecule has 0 aromatic carbocycles. The van der Waals surface area contributed by atoms with E-state index in [4.69, 9.17) is 11.6 Å². The number of ether oxygens (including phenoxy) is 1. The molecule has 0 N–H and O–H groups in total. The Kier molecular flexibility index (Phi) is 4.61. The number of esters is 1. The van der Waals surface area contributed by atoms with Gasteiger partial charge >= 0.3 is 5.97 Å². The van der Waals surface area contributed by atoms with Crippen LogP contribution in [0.3, 0.4) is 0 Å². The number of hydrogen-bond acceptors (Lipinski definition) is 3. The maximum atomic E-state index is 12.8. The quantitative estimate of drug-likeness (QED) is 0.488. The zero-order valence-corrected chi connectivity index (χ0v) is 10.5. The van der Waals surface area contributed by atoms with Gasteiger partial charge in [-0.2, -0.15) is 0 Å². The van der Waals surface area contributed by atoms with Gasteiger partial charge in [-0.3, -0.25) is 0 Å². The van der Waals surface area contributed by atoms with Crippen molar-refractivity contribution in [2.45, 2.75) is 11.8 Å². The molecular formula is C9H7BrClF2NO2. The zero-order valence-electron chi connectivity index (χ0n) is 8.14. The molecule has 1 aromatic rings. The molecule has 0 unspecified atom stereocenters. The second-order valence-electron chi connectivity index (χ2n) is 2.79. The largest absolute Gasteiger partial charge is 0.465 e.